The van der Waals surface area contributed by atoms with Crippen LogP contribution >= 0.6 is 0 Å². The summed E-state index contributed by atoms with van der Waals surface area (Å²) >= 11 is 0. The van der Waals surface area contributed by atoms with Gasteiger partial charge in [-0.25, -0.2) is 8.78 Å². The number of pyridine rings is 1. The predicted molar refractivity (Wildman–Crippen MR) is 108 cm³/mol. The van der Waals surface area contributed by atoms with Gasteiger partial charge in [-0.1, -0.05) is 6.07 Å². The van der Waals surface area contributed by atoms with Crippen LogP contribution in [0, 0.1) is 29.9 Å². The Morgan fingerprint density at radius 2 is 1.60 bits per heavy atom. The summed E-state index contributed by atoms with van der Waals surface area (Å²) in [6.45, 7) is 1.26. The highest BCUT2D eigenvalue weighted by molar-refractivity contribution is 5.51. The number of nitrogens with zero attached hydrogens (tertiary/aromatic N) is 3. The van der Waals surface area contributed by atoms with Gasteiger partial charge < -0.3 is 19.1 Å². The van der Waals surface area contributed by atoms with E-state index in [0.29, 0.717) is 11.5 Å². The summed E-state index contributed by atoms with van der Waals surface area (Å²) < 4.78 is 45.3. The molecule has 30 heavy (non-hydrogen) atoms. The normalized spacial score (nSPS) is 10.3. The second kappa shape index (κ2) is 8.66. The maximum absolute atomic E-state index is 14.6. The van der Waals surface area contributed by atoms with Crippen molar-refractivity contribution in [3.63, 3.8) is 0 Å². The van der Waals surface area contributed by atoms with Crippen molar-refractivity contribution >= 4 is 5.69 Å². The summed E-state index contributed by atoms with van der Waals surface area (Å²) in [4.78, 5) is 5.73. The average molecular weight is 411 g/mol. The summed E-state index contributed by atoms with van der Waals surface area (Å²) in [5.74, 6) is -1.96. The van der Waals surface area contributed by atoms with Crippen molar-refractivity contribution in [2.75, 3.05) is 26.1 Å². The molecular formula is C22H19F2N3O3. The van der Waals surface area contributed by atoms with Crippen molar-refractivity contribution < 1.29 is 23.0 Å². The number of nitriles is 1. The topological polar surface area (TPSA) is 67.6 Å². The molecule has 0 N–H and O–H groups in total. The fourth-order valence-corrected chi connectivity index (χ4v) is 2.63. The van der Waals surface area contributed by atoms with Crippen molar-refractivity contribution in [2.45, 2.75) is 6.92 Å². The van der Waals surface area contributed by atoms with Gasteiger partial charge in [-0.3, -0.25) is 0 Å². The lowest BCUT2D eigenvalue weighted by Crippen LogP contribution is -2.08. The molecule has 3 rings (SSSR count). The minimum absolute atomic E-state index is 0.144. The number of aromatic nitrogens is 1. The standard InChI is InChI=1S/C22H19F2N3O3/c1-13-19(23)21(29-16-7-5-6-15(11-16)27(2)3)26-22(20(13)24)30-17-8-9-18(28-4)14(10-17)12-25/h5-11H,1-4H3. The van der Waals surface area contributed by atoms with Gasteiger partial charge in [-0.05, 0) is 31.2 Å². The summed E-state index contributed by atoms with van der Waals surface area (Å²) in [6, 6.07) is 13.3. The number of anilines is 1. The quantitative estimate of drug-likeness (QED) is 0.555. The molecule has 0 aliphatic heterocycles. The van der Waals surface area contributed by atoms with E-state index in [2.05, 4.69) is 4.98 Å². The number of ether oxygens (including phenoxy) is 3. The Labute approximate surface area is 172 Å². The minimum atomic E-state index is -0.962. The number of hydrogen-bond donors (Lipinski definition) is 0. The fourth-order valence-electron chi connectivity index (χ4n) is 2.63. The second-order valence-electron chi connectivity index (χ2n) is 6.54. The molecule has 0 saturated carbocycles. The van der Waals surface area contributed by atoms with Gasteiger partial charge in [-0.2, -0.15) is 10.2 Å². The van der Waals surface area contributed by atoms with E-state index in [1.54, 1.807) is 18.2 Å². The van der Waals surface area contributed by atoms with Crippen LogP contribution in [0.3, 0.4) is 0 Å². The molecule has 0 unspecified atom stereocenters. The Bertz CT molecular complexity index is 1130. The van der Waals surface area contributed by atoms with Crippen LogP contribution in [0.15, 0.2) is 42.5 Å². The van der Waals surface area contributed by atoms with Gasteiger partial charge in [0.15, 0.2) is 11.6 Å². The first kappa shape index (κ1) is 20.9. The van der Waals surface area contributed by atoms with Gasteiger partial charge in [0.05, 0.1) is 12.7 Å². The number of halogens is 2. The van der Waals surface area contributed by atoms with Crippen molar-refractivity contribution in [3.05, 3.63) is 65.2 Å². The summed E-state index contributed by atoms with van der Waals surface area (Å²) in [6.07, 6.45) is 0. The Balaban J connectivity index is 1.96. The Hall–Kier alpha value is -3.86. The molecule has 0 bridgehead atoms. The van der Waals surface area contributed by atoms with Crippen LogP contribution in [0.5, 0.6) is 29.0 Å². The summed E-state index contributed by atoms with van der Waals surface area (Å²) in [5, 5.41) is 9.20. The molecule has 0 fully saturated rings. The maximum atomic E-state index is 14.6. The first-order valence-corrected chi connectivity index (χ1v) is 8.91. The van der Waals surface area contributed by atoms with E-state index in [4.69, 9.17) is 14.2 Å². The molecule has 0 amide bonds. The van der Waals surface area contributed by atoms with Gasteiger partial charge in [0, 0.05) is 37.5 Å². The molecule has 0 saturated heterocycles. The Kier molecular flexibility index (Phi) is 6.02. The lowest BCUT2D eigenvalue weighted by Gasteiger charge is -2.15. The number of rotatable bonds is 6. The molecule has 6 nitrogen and oxygen atoms in total. The zero-order valence-electron chi connectivity index (χ0n) is 16.9. The highest BCUT2D eigenvalue weighted by Gasteiger charge is 2.21. The monoisotopic (exact) mass is 411 g/mol. The maximum Gasteiger partial charge on any atom is 0.259 e. The van der Waals surface area contributed by atoms with Crippen molar-refractivity contribution in [2.24, 2.45) is 0 Å². The van der Waals surface area contributed by atoms with E-state index in [1.165, 1.54) is 32.2 Å². The van der Waals surface area contributed by atoms with Crippen LogP contribution in [0.1, 0.15) is 11.1 Å². The molecule has 2 aromatic carbocycles. The smallest absolute Gasteiger partial charge is 0.259 e. The first-order valence-electron chi connectivity index (χ1n) is 8.91. The Morgan fingerprint density at radius 3 is 2.17 bits per heavy atom. The predicted octanol–water partition coefficient (Wildman–Crippen LogP) is 5.20. The van der Waals surface area contributed by atoms with E-state index < -0.39 is 23.4 Å². The fraction of sp³-hybridized carbons (Fsp3) is 0.182. The van der Waals surface area contributed by atoms with E-state index in [0.717, 1.165) is 5.69 Å². The zero-order valence-corrected chi connectivity index (χ0v) is 16.9. The van der Waals surface area contributed by atoms with Crippen LogP contribution in [0.4, 0.5) is 14.5 Å². The van der Waals surface area contributed by atoms with E-state index in [9.17, 15) is 14.0 Å². The van der Waals surface area contributed by atoms with Crippen LogP contribution in [0.2, 0.25) is 0 Å². The van der Waals surface area contributed by atoms with Gasteiger partial charge in [0.2, 0.25) is 0 Å². The van der Waals surface area contributed by atoms with Crippen LogP contribution in [0.25, 0.3) is 0 Å². The SMILES string of the molecule is COc1ccc(Oc2nc(Oc3cccc(N(C)C)c3)c(F)c(C)c2F)cc1C#N. The third-order valence-corrected chi connectivity index (χ3v) is 4.29. The van der Waals surface area contributed by atoms with E-state index >= 15 is 0 Å². The van der Waals surface area contributed by atoms with Crippen molar-refractivity contribution in [3.8, 4) is 35.1 Å². The third-order valence-electron chi connectivity index (χ3n) is 4.29. The first-order chi connectivity index (χ1) is 14.3. The number of methoxy groups -OCH3 is 1. The van der Waals surface area contributed by atoms with Crippen LogP contribution in [-0.2, 0) is 0 Å². The molecule has 8 heteroatoms. The third kappa shape index (κ3) is 4.25. The lowest BCUT2D eigenvalue weighted by atomic mass is 10.2. The van der Waals surface area contributed by atoms with Gasteiger partial charge in [0.1, 0.15) is 23.3 Å². The molecule has 154 valence electrons. The van der Waals surface area contributed by atoms with Crippen molar-refractivity contribution in [1.82, 2.24) is 4.98 Å². The molecule has 1 heterocycles. The van der Waals surface area contributed by atoms with Gasteiger partial charge in [0.25, 0.3) is 11.8 Å². The largest absolute Gasteiger partial charge is 0.495 e. The minimum Gasteiger partial charge on any atom is -0.495 e. The van der Waals surface area contributed by atoms with E-state index in [-0.39, 0.29) is 16.9 Å². The zero-order chi connectivity index (χ0) is 21.8. The highest BCUT2D eigenvalue weighted by Crippen LogP contribution is 2.34. The van der Waals surface area contributed by atoms with E-state index in [1.807, 2.05) is 31.1 Å². The van der Waals surface area contributed by atoms with Gasteiger partial charge in [-0.15, -0.1) is 0 Å². The summed E-state index contributed by atoms with van der Waals surface area (Å²) in [5.41, 5.74) is 0.740. The molecule has 0 aliphatic rings. The van der Waals surface area contributed by atoms with Crippen LogP contribution < -0.4 is 19.1 Å². The van der Waals surface area contributed by atoms with Crippen molar-refractivity contribution in [1.29, 1.82) is 5.26 Å². The van der Waals surface area contributed by atoms with Gasteiger partial charge >= 0.3 is 0 Å². The average Bonchev–Trinajstić information content (AvgIpc) is 2.75. The number of hydrogen-bond acceptors (Lipinski definition) is 6. The number of benzene rings is 2. The molecule has 0 atom stereocenters. The Morgan fingerprint density at radius 1 is 0.967 bits per heavy atom. The molecule has 0 radical (unpaired) electrons. The lowest BCUT2D eigenvalue weighted by molar-refractivity contribution is 0.372. The molecule has 1 aromatic heterocycles. The molecule has 3 aromatic rings. The molecular weight excluding hydrogens is 392 g/mol. The second-order valence-corrected chi connectivity index (χ2v) is 6.54. The molecule has 0 spiro atoms. The highest BCUT2D eigenvalue weighted by atomic mass is 19.1. The van der Waals surface area contributed by atoms with Crippen LogP contribution in [-0.4, -0.2) is 26.2 Å². The summed E-state index contributed by atoms with van der Waals surface area (Å²) in [7, 11) is 5.14. The molecule has 0 aliphatic carbocycles.